The standard InChI is InChI=1S/C17H10O10/c18-13(19)8-7(6-4-2-1-3-5-6)9(14(20)21)11(16(24)25)12(17(26)27)10(8)15(22)23/h1-5H,(H,18,19)(H,20,21)(H,22,23)(H,24,25)(H,26,27). The molecule has 2 aromatic carbocycles. The van der Waals surface area contributed by atoms with Gasteiger partial charge in [-0.05, 0) is 5.56 Å². The van der Waals surface area contributed by atoms with E-state index >= 15 is 0 Å². The van der Waals surface area contributed by atoms with Gasteiger partial charge in [-0.15, -0.1) is 0 Å². The normalized spacial score (nSPS) is 10.2. The number of carboxylic acids is 5. The van der Waals surface area contributed by atoms with Crippen LogP contribution >= 0.6 is 0 Å². The third kappa shape index (κ3) is 3.18. The summed E-state index contributed by atoms with van der Waals surface area (Å²) in [6, 6.07) is 6.77. The minimum Gasteiger partial charge on any atom is -0.478 e. The molecule has 0 aliphatic rings. The molecule has 0 atom stereocenters. The largest absolute Gasteiger partial charge is 0.478 e. The van der Waals surface area contributed by atoms with Crippen molar-refractivity contribution in [1.29, 1.82) is 0 Å². The molecule has 0 saturated carbocycles. The van der Waals surface area contributed by atoms with Crippen LogP contribution in [0.1, 0.15) is 51.8 Å². The zero-order valence-corrected chi connectivity index (χ0v) is 13.2. The molecule has 138 valence electrons. The fourth-order valence-electron chi connectivity index (χ4n) is 2.71. The van der Waals surface area contributed by atoms with Crippen LogP contribution in [0.5, 0.6) is 0 Å². The van der Waals surface area contributed by atoms with Crippen LogP contribution in [0, 0.1) is 0 Å². The quantitative estimate of drug-likeness (QED) is 0.499. The van der Waals surface area contributed by atoms with E-state index in [0.29, 0.717) is 0 Å². The SMILES string of the molecule is O=C(O)c1c(C(=O)O)c(C(=O)O)c(-c2ccccc2)c(C(=O)O)c1C(=O)O. The molecule has 0 bridgehead atoms. The van der Waals surface area contributed by atoms with Crippen molar-refractivity contribution in [2.24, 2.45) is 0 Å². The lowest BCUT2D eigenvalue weighted by atomic mass is 9.83. The van der Waals surface area contributed by atoms with E-state index in [1.165, 1.54) is 30.3 Å². The number of hydrogen-bond donors (Lipinski definition) is 5. The molecule has 5 N–H and O–H groups in total. The highest BCUT2D eigenvalue weighted by molar-refractivity contribution is 6.22. The van der Waals surface area contributed by atoms with Crippen LogP contribution in [0.3, 0.4) is 0 Å². The molecule has 0 aliphatic carbocycles. The monoisotopic (exact) mass is 374 g/mol. The summed E-state index contributed by atoms with van der Waals surface area (Å²) in [4.78, 5) is 58.3. The Bertz CT molecular complexity index is 951. The van der Waals surface area contributed by atoms with Gasteiger partial charge < -0.3 is 25.5 Å². The summed E-state index contributed by atoms with van der Waals surface area (Å²) in [7, 11) is 0. The Morgan fingerprint density at radius 2 is 0.778 bits per heavy atom. The summed E-state index contributed by atoms with van der Waals surface area (Å²) in [6.45, 7) is 0. The predicted molar refractivity (Wildman–Crippen MR) is 86.7 cm³/mol. The third-order valence-electron chi connectivity index (χ3n) is 3.63. The van der Waals surface area contributed by atoms with Crippen LogP contribution in [-0.4, -0.2) is 55.4 Å². The summed E-state index contributed by atoms with van der Waals surface area (Å²) >= 11 is 0. The minimum atomic E-state index is -2.09. The molecule has 0 spiro atoms. The van der Waals surface area contributed by atoms with Gasteiger partial charge >= 0.3 is 29.8 Å². The van der Waals surface area contributed by atoms with Crippen molar-refractivity contribution in [3.8, 4) is 11.1 Å². The first-order chi connectivity index (χ1) is 12.6. The smallest absolute Gasteiger partial charge is 0.337 e. The molecule has 0 amide bonds. The lowest BCUT2D eigenvalue weighted by molar-refractivity contribution is 0.0610. The number of aromatic carboxylic acids is 5. The van der Waals surface area contributed by atoms with Crippen molar-refractivity contribution in [2.45, 2.75) is 0 Å². The Labute approximate surface area is 149 Å². The second-order valence-corrected chi connectivity index (χ2v) is 5.14. The van der Waals surface area contributed by atoms with E-state index in [2.05, 4.69) is 0 Å². The second-order valence-electron chi connectivity index (χ2n) is 5.14. The van der Waals surface area contributed by atoms with Gasteiger partial charge in [0, 0.05) is 5.56 Å². The van der Waals surface area contributed by atoms with Gasteiger partial charge in [-0.1, -0.05) is 30.3 Å². The molecular formula is C17H10O10. The molecule has 0 aliphatic heterocycles. The maximum Gasteiger partial charge on any atom is 0.337 e. The highest BCUT2D eigenvalue weighted by atomic mass is 16.4. The van der Waals surface area contributed by atoms with Crippen LogP contribution < -0.4 is 0 Å². The Morgan fingerprint density at radius 1 is 0.481 bits per heavy atom. The van der Waals surface area contributed by atoms with Gasteiger partial charge in [0.05, 0.1) is 27.8 Å². The highest BCUT2D eigenvalue weighted by Crippen LogP contribution is 2.36. The summed E-state index contributed by atoms with van der Waals surface area (Å²) in [5, 5.41) is 47.1. The van der Waals surface area contributed by atoms with Gasteiger partial charge in [0.15, 0.2) is 0 Å². The van der Waals surface area contributed by atoms with Crippen molar-refractivity contribution >= 4 is 29.8 Å². The van der Waals surface area contributed by atoms with Gasteiger partial charge in [0.2, 0.25) is 0 Å². The summed E-state index contributed by atoms with van der Waals surface area (Å²) < 4.78 is 0. The van der Waals surface area contributed by atoms with Crippen LogP contribution in [0.4, 0.5) is 0 Å². The molecule has 0 saturated heterocycles. The van der Waals surface area contributed by atoms with Crippen LogP contribution in [-0.2, 0) is 0 Å². The van der Waals surface area contributed by atoms with Crippen LogP contribution in [0.2, 0.25) is 0 Å². The molecule has 0 unspecified atom stereocenters. The molecule has 0 aromatic heterocycles. The van der Waals surface area contributed by atoms with Gasteiger partial charge in [-0.25, -0.2) is 24.0 Å². The molecule has 0 radical (unpaired) electrons. The number of carbonyl (C=O) groups is 5. The minimum absolute atomic E-state index is 0.103. The van der Waals surface area contributed by atoms with E-state index < -0.39 is 63.2 Å². The number of rotatable bonds is 6. The molecule has 27 heavy (non-hydrogen) atoms. The first kappa shape index (κ1) is 19.1. The zero-order valence-electron chi connectivity index (χ0n) is 13.2. The number of carboxylic acid groups (broad SMARTS) is 5. The Morgan fingerprint density at radius 3 is 1.07 bits per heavy atom. The molecule has 0 heterocycles. The van der Waals surface area contributed by atoms with E-state index in [1.54, 1.807) is 0 Å². The third-order valence-corrected chi connectivity index (χ3v) is 3.63. The first-order valence-electron chi connectivity index (χ1n) is 7.05. The second kappa shape index (κ2) is 6.96. The summed E-state index contributed by atoms with van der Waals surface area (Å²) in [5.41, 5.74) is -7.15. The molecule has 10 heteroatoms. The van der Waals surface area contributed by atoms with Crippen molar-refractivity contribution < 1.29 is 49.5 Å². The van der Waals surface area contributed by atoms with Crippen molar-refractivity contribution in [3.05, 3.63) is 58.1 Å². The van der Waals surface area contributed by atoms with Crippen molar-refractivity contribution in [3.63, 3.8) is 0 Å². The zero-order chi connectivity index (χ0) is 20.5. The van der Waals surface area contributed by atoms with Gasteiger partial charge in [-0.3, -0.25) is 0 Å². The summed E-state index contributed by atoms with van der Waals surface area (Å²) in [5.74, 6) is -9.99. The van der Waals surface area contributed by atoms with E-state index in [4.69, 9.17) is 0 Å². The van der Waals surface area contributed by atoms with E-state index in [1.807, 2.05) is 0 Å². The fraction of sp³-hybridized carbons (Fsp3) is 0. The molecule has 2 aromatic rings. The van der Waals surface area contributed by atoms with Crippen LogP contribution in [0.25, 0.3) is 11.1 Å². The van der Waals surface area contributed by atoms with Crippen molar-refractivity contribution in [1.82, 2.24) is 0 Å². The number of hydrogen-bond acceptors (Lipinski definition) is 5. The average Bonchev–Trinajstić information content (AvgIpc) is 2.59. The number of benzene rings is 2. The lowest BCUT2D eigenvalue weighted by Gasteiger charge is -2.18. The van der Waals surface area contributed by atoms with Gasteiger partial charge in [0.25, 0.3) is 0 Å². The Hall–Kier alpha value is -4.21. The van der Waals surface area contributed by atoms with Gasteiger partial charge in [0.1, 0.15) is 0 Å². The fourth-order valence-corrected chi connectivity index (χ4v) is 2.71. The van der Waals surface area contributed by atoms with Gasteiger partial charge in [-0.2, -0.15) is 0 Å². The molecule has 0 fully saturated rings. The first-order valence-corrected chi connectivity index (χ1v) is 7.05. The Kier molecular flexibility index (Phi) is 4.93. The van der Waals surface area contributed by atoms with E-state index in [-0.39, 0.29) is 5.56 Å². The molecular weight excluding hydrogens is 364 g/mol. The van der Waals surface area contributed by atoms with E-state index in [9.17, 15) is 49.5 Å². The average molecular weight is 374 g/mol. The predicted octanol–water partition coefficient (Wildman–Crippen LogP) is 1.84. The Balaban J connectivity index is 3.32. The van der Waals surface area contributed by atoms with Crippen molar-refractivity contribution in [2.75, 3.05) is 0 Å². The van der Waals surface area contributed by atoms with Crippen LogP contribution in [0.15, 0.2) is 30.3 Å². The maximum absolute atomic E-state index is 11.8. The molecule has 10 nitrogen and oxygen atoms in total. The highest BCUT2D eigenvalue weighted by Gasteiger charge is 2.38. The summed E-state index contributed by atoms with van der Waals surface area (Å²) in [6.07, 6.45) is 0. The van der Waals surface area contributed by atoms with E-state index in [0.717, 1.165) is 0 Å². The topological polar surface area (TPSA) is 186 Å². The maximum atomic E-state index is 11.8. The molecule has 2 rings (SSSR count). The lowest BCUT2D eigenvalue weighted by Crippen LogP contribution is -2.24.